The average Bonchev–Trinajstić information content (AvgIpc) is 4.12. The van der Waals surface area contributed by atoms with Crippen molar-refractivity contribution in [1.82, 2.24) is 54.9 Å². The molecule has 0 spiro atoms. The molecule has 8 aromatic rings. The summed E-state index contributed by atoms with van der Waals surface area (Å²) in [6.45, 7) is 0. The molecule has 0 unspecified atom stereocenters. The molecule has 0 fully saturated rings. The van der Waals surface area contributed by atoms with E-state index in [1.165, 1.54) is 85.8 Å². The molecular weight excluding hydrogens is 1010 g/mol. The van der Waals surface area contributed by atoms with Gasteiger partial charge in [0.2, 0.25) is 11.9 Å². The smallest absolute Gasteiger partial charge is 0.435 e. The molecule has 0 aliphatic rings. The van der Waals surface area contributed by atoms with Crippen LogP contribution in [0.5, 0.6) is 23.0 Å². The number of hydroxylamine groups is 1. The molecule has 6 heterocycles. The second kappa shape index (κ2) is 24.3. The predicted octanol–water partition coefficient (Wildman–Crippen LogP) is 7.50. The number of nitrogens with one attached hydrogen (secondary N) is 3. The van der Waals surface area contributed by atoms with Crippen molar-refractivity contribution in [2.45, 2.75) is 12.4 Å². The predicted molar refractivity (Wildman–Crippen MR) is 253 cm³/mol. The molecule has 0 saturated heterocycles. The molecule has 23 nitrogen and oxygen atoms in total. The Hall–Kier alpha value is -9.48. The van der Waals surface area contributed by atoms with E-state index in [4.69, 9.17) is 18.9 Å². The lowest BCUT2D eigenvalue weighted by molar-refractivity contribution is -0.142. The fraction of sp³-hybridized carbons (Fsp3) is 0.174. The van der Waals surface area contributed by atoms with Crippen LogP contribution in [-0.4, -0.2) is 109 Å². The number of benzene rings is 2. The summed E-state index contributed by atoms with van der Waals surface area (Å²) >= 11 is 0. The maximum atomic E-state index is 13.3. The first-order chi connectivity index (χ1) is 35.8. The number of rotatable bonds is 15. The summed E-state index contributed by atoms with van der Waals surface area (Å²) in [4.78, 5) is 57.2. The van der Waals surface area contributed by atoms with Crippen LogP contribution < -0.4 is 41.0 Å². The van der Waals surface area contributed by atoms with Gasteiger partial charge in [-0.25, -0.2) is 35.5 Å². The molecule has 0 radical (unpaired) electrons. The molecular formula is C46H42F6N14O9. The van der Waals surface area contributed by atoms with Gasteiger partial charge in [0.25, 0.3) is 5.91 Å². The highest BCUT2D eigenvalue weighted by atomic mass is 19.4. The lowest BCUT2D eigenvalue weighted by Gasteiger charge is -2.13. The quantitative estimate of drug-likeness (QED) is 0.0490. The first-order valence-electron chi connectivity index (χ1n) is 21.0. The average molecular weight is 1050 g/mol. The molecule has 8 rings (SSSR count). The van der Waals surface area contributed by atoms with Crippen LogP contribution in [-0.2, 0) is 22.0 Å². The fourth-order valence-electron chi connectivity index (χ4n) is 6.39. The molecule has 75 heavy (non-hydrogen) atoms. The molecule has 0 aliphatic heterocycles. The Morgan fingerprint density at radius 1 is 0.573 bits per heavy atom. The number of hydrogen-bond donors (Lipinski definition) is 5. The molecule has 0 atom stereocenters. The first kappa shape index (κ1) is 54.8. The molecule has 6 N–H and O–H groups in total. The minimum absolute atomic E-state index is 0.00830. The highest BCUT2D eigenvalue weighted by Crippen LogP contribution is 2.34. The lowest BCUT2D eigenvalue weighted by atomic mass is 10.1. The Morgan fingerprint density at radius 2 is 0.960 bits per heavy atom. The first-order valence-corrected chi connectivity index (χ1v) is 21.0. The zero-order valence-electron chi connectivity index (χ0n) is 39.9. The number of aromatic carboxylic acids is 1. The van der Waals surface area contributed by atoms with E-state index in [0.717, 1.165) is 40.1 Å². The van der Waals surface area contributed by atoms with Gasteiger partial charge in [0.05, 0.1) is 53.8 Å². The topological polar surface area (TPSA) is 285 Å². The van der Waals surface area contributed by atoms with Gasteiger partial charge < -0.3 is 39.5 Å². The third kappa shape index (κ3) is 14.1. The number of nitrogens with two attached hydrogens (primary N) is 1. The Balaban J connectivity index is 0.000000232. The summed E-state index contributed by atoms with van der Waals surface area (Å²) in [6, 6.07) is 14.4. The van der Waals surface area contributed by atoms with Crippen molar-refractivity contribution in [3.05, 3.63) is 133 Å². The number of carboxylic acid groups (broad SMARTS) is 1. The van der Waals surface area contributed by atoms with Crippen LogP contribution in [0.3, 0.4) is 0 Å². The van der Waals surface area contributed by atoms with Crippen LogP contribution in [0.25, 0.3) is 33.9 Å². The van der Waals surface area contributed by atoms with Gasteiger partial charge in [-0.1, -0.05) is 0 Å². The highest BCUT2D eigenvalue weighted by Gasteiger charge is 2.35. The van der Waals surface area contributed by atoms with Gasteiger partial charge in [-0.15, -0.1) is 0 Å². The van der Waals surface area contributed by atoms with E-state index in [9.17, 15) is 41.0 Å². The van der Waals surface area contributed by atoms with Gasteiger partial charge in [-0.3, -0.25) is 19.6 Å². The summed E-state index contributed by atoms with van der Waals surface area (Å²) in [5.41, 5.74) is 2.10. The number of ether oxygens (including phenoxy) is 4. The maximum absolute atomic E-state index is 13.3. The molecule has 0 aliphatic carbocycles. The number of pyridine rings is 2. The van der Waals surface area contributed by atoms with Gasteiger partial charge in [0.1, 0.15) is 23.0 Å². The van der Waals surface area contributed by atoms with Crippen molar-refractivity contribution in [2.75, 3.05) is 53.3 Å². The number of carboxylic acids is 1. The number of carbonyl (C=O) groups excluding carboxylic acids is 1. The van der Waals surface area contributed by atoms with E-state index in [-0.39, 0.29) is 51.3 Å². The molecule has 6 aromatic heterocycles. The second-order valence-corrected chi connectivity index (χ2v) is 14.7. The number of carbonyl (C=O) groups is 2. The monoisotopic (exact) mass is 1050 g/mol. The van der Waals surface area contributed by atoms with Crippen molar-refractivity contribution >= 4 is 35.1 Å². The highest BCUT2D eigenvalue weighted by molar-refractivity contribution is 5.94. The van der Waals surface area contributed by atoms with Crippen LogP contribution in [0.4, 0.5) is 49.6 Å². The molecule has 392 valence electrons. The van der Waals surface area contributed by atoms with Gasteiger partial charge in [0.15, 0.2) is 23.0 Å². The largest absolute Gasteiger partial charge is 0.497 e. The molecule has 0 saturated carbocycles. The van der Waals surface area contributed by atoms with Crippen LogP contribution in [0.1, 0.15) is 32.1 Å². The maximum Gasteiger partial charge on any atom is 0.435 e. The zero-order chi connectivity index (χ0) is 54.5. The number of methoxy groups -OCH3 is 4. The van der Waals surface area contributed by atoms with Crippen LogP contribution in [0, 0.1) is 0 Å². The van der Waals surface area contributed by atoms with Gasteiger partial charge in [-0.05, 0) is 24.3 Å². The summed E-state index contributed by atoms with van der Waals surface area (Å²) in [5, 5.41) is 22.5. The number of hydrogen-bond acceptors (Lipinski definition) is 19. The van der Waals surface area contributed by atoms with Crippen molar-refractivity contribution in [3.63, 3.8) is 0 Å². The third-order valence-corrected chi connectivity index (χ3v) is 9.75. The van der Waals surface area contributed by atoms with E-state index in [1.54, 1.807) is 36.4 Å². The Bertz CT molecular complexity index is 3220. The number of amides is 1. The Labute approximate surface area is 420 Å². The minimum Gasteiger partial charge on any atom is -0.497 e. The summed E-state index contributed by atoms with van der Waals surface area (Å²) in [5.74, 6) is 4.60. The fourth-order valence-corrected chi connectivity index (χ4v) is 6.39. The van der Waals surface area contributed by atoms with Crippen molar-refractivity contribution in [2.24, 2.45) is 5.90 Å². The number of anilines is 4. The van der Waals surface area contributed by atoms with Crippen LogP contribution in [0.15, 0.2) is 110 Å². The standard InChI is InChI=1S/C23H20F3N7O4.C22H17F3N6O4.CH5NO/c1-35-16-7-15(8-17(9-16)36-2)29-22-28-12-18(13-6-14(11-27-10-13)21(34)32-37-3)20(30-22)33-5-4-19(31-33)23(24,25)26;1-34-15-6-14(7-16(8-15)35-2)28-21-27-11-17(12-5-13(20(32)33)10-26-9-12)19(29-21)31-4-3-18(30-31)22(23,24)25;1-3-2/h4-12H,1-3H3,(H,32,34)(H,28,29,30);3-11H,1-2H3,(H,32,33)(H,27,28,29);2H2,1H3. The normalized spacial score (nSPS) is 11.0. The molecule has 0 bridgehead atoms. The number of aromatic nitrogens is 10. The van der Waals surface area contributed by atoms with E-state index in [1.807, 2.05) is 0 Å². The van der Waals surface area contributed by atoms with Crippen molar-refractivity contribution in [3.8, 4) is 56.9 Å². The Kier molecular flexibility index (Phi) is 17.8. The second-order valence-electron chi connectivity index (χ2n) is 14.7. The van der Waals surface area contributed by atoms with Crippen molar-refractivity contribution < 1.29 is 69.7 Å². The SMILES string of the molecule is CON.CONC(=O)c1cncc(-c2cnc(Nc3cc(OC)cc(OC)c3)nc2-n2ccc(C(F)(F)F)n2)c1.COc1cc(Nc2ncc(-c3cncc(C(=O)O)c3)c(-n3ccc(C(F)(F)F)n3)n2)cc(OC)c1. The van der Waals surface area contributed by atoms with Crippen LogP contribution in [0.2, 0.25) is 0 Å². The molecule has 1 amide bonds. The van der Waals surface area contributed by atoms with Crippen LogP contribution >= 0.6 is 0 Å². The van der Waals surface area contributed by atoms with Gasteiger partial charge in [-0.2, -0.15) is 46.5 Å². The molecule has 2 aromatic carbocycles. The molecule has 29 heteroatoms. The van der Waals surface area contributed by atoms with Gasteiger partial charge >= 0.3 is 18.3 Å². The number of alkyl halides is 6. The summed E-state index contributed by atoms with van der Waals surface area (Å²) < 4.78 is 102. The van der Waals surface area contributed by atoms with Gasteiger partial charge in [0, 0.05) is 120 Å². The van der Waals surface area contributed by atoms with E-state index >= 15 is 0 Å². The minimum atomic E-state index is -4.67. The van der Waals surface area contributed by atoms with E-state index < -0.39 is 35.6 Å². The lowest BCUT2D eigenvalue weighted by Crippen LogP contribution is -2.21. The van der Waals surface area contributed by atoms with E-state index in [2.05, 4.69) is 71.8 Å². The third-order valence-electron chi connectivity index (χ3n) is 9.75. The number of nitrogens with zero attached hydrogens (tertiary/aromatic N) is 10. The van der Waals surface area contributed by atoms with E-state index in [0.29, 0.717) is 39.9 Å². The number of halogens is 6. The summed E-state index contributed by atoms with van der Waals surface area (Å²) in [7, 11) is 8.63. The van der Waals surface area contributed by atoms with Crippen molar-refractivity contribution in [1.29, 1.82) is 0 Å². The zero-order valence-corrected chi connectivity index (χ0v) is 39.9. The summed E-state index contributed by atoms with van der Waals surface area (Å²) in [6.07, 6.45) is 0.837. The Morgan fingerprint density at radius 3 is 1.31 bits per heavy atom.